The fourth-order valence-electron chi connectivity index (χ4n) is 4.06. The van der Waals surface area contributed by atoms with Gasteiger partial charge in [-0.3, -0.25) is 9.48 Å². The van der Waals surface area contributed by atoms with E-state index in [9.17, 15) is 4.79 Å². The Morgan fingerprint density at radius 2 is 1.97 bits per heavy atom. The Balaban J connectivity index is 1.28. The number of rotatable bonds is 7. The zero-order chi connectivity index (χ0) is 24.9. The first kappa shape index (κ1) is 23.3. The zero-order valence-electron chi connectivity index (χ0n) is 19.4. The third-order valence-corrected chi connectivity index (χ3v) is 5.89. The van der Waals surface area contributed by atoms with Gasteiger partial charge in [-0.05, 0) is 18.2 Å². The molecule has 4 heterocycles. The van der Waals surface area contributed by atoms with Crippen LogP contribution >= 0.6 is 0 Å². The average molecular weight is 485 g/mol. The molecule has 0 saturated carbocycles. The zero-order valence-corrected chi connectivity index (χ0v) is 19.4. The lowest BCUT2D eigenvalue weighted by Crippen LogP contribution is -2.46. The number of nitrogens with zero attached hydrogens (tertiary/aromatic N) is 8. The lowest BCUT2D eigenvalue weighted by Gasteiger charge is -2.33. The Hall–Kier alpha value is -4.40. The van der Waals surface area contributed by atoms with Gasteiger partial charge in [0.1, 0.15) is 0 Å². The standard InChI is InChI=1S/C25H24N8O3/c26-11-18-2-1-3-19(10-18)23-4-5-24(35)33(30-23)17-22-16-31(7-9-36-22)25-27-12-20(13-28-25)21-14-29-32(15-21)6-8-34/h1-5,10,12-15,22,34H,6-9,16-17H2/t22-/m0/s1. The van der Waals surface area contributed by atoms with Gasteiger partial charge in [0.2, 0.25) is 5.95 Å². The summed E-state index contributed by atoms with van der Waals surface area (Å²) in [5.74, 6) is 0.581. The molecule has 1 aliphatic rings. The number of anilines is 1. The van der Waals surface area contributed by atoms with Crippen molar-refractivity contribution in [1.82, 2.24) is 29.5 Å². The van der Waals surface area contributed by atoms with Crippen LogP contribution in [-0.2, 0) is 17.8 Å². The summed E-state index contributed by atoms with van der Waals surface area (Å²) in [6.45, 7) is 2.35. The Labute approximate surface area is 206 Å². The molecule has 1 saturated heterocycles. The maximum Gasteiger partial charge on any atom is 0.266 e. The van der Waals surface area contributed by atoms with Gasteiger partial charge in [-0.25, -0.2) is 14.6 Å². The number of aromatic nitrogens is 6. The number of hydrogen-bond donors (Lipinski definition) is 1. The molecule has 0 spiro atoms. The van der Waals surface area contributed by atoms with Gasteiger partial charge in [0, 0.05) is 54.4 Å². The van der Waals surface area contributed by atoms with Crippen molar-refractivity contribution in [1.29, 1.82) is 5.26 Å². The highest BCUT2D eigenvalue weighted by Gasteiger charge is 2.24. The molecule has 0 aliphatic carbocycles. The Bertz CT molecular complexity index is 1440. The van der Waals surface area contributed by atoms with Crippen LogP contribution in [0.5, 0.6) is 0 Å². The summed E-state index contributed by atoms with van der Waals surface area (Å²) in [7, 11) is 0. The molecule has 0 radical (unpaired) electrons. The molecule has 182 valence electrons. The lowest BCUT2D eigenvalue weighted by molar-refractivity contribution is 0.0260. The second-order valence-electron chi connectivity index (χ2n) is 8.36. The van der Waals surface area contributed by atoms with Gasteiger partial charge in [0.25, 0.3) is 5.56 Å². The molecule has 36 heavy (non-hydrogen) atoms. The Kier molecular flexibility index (Phi) is 6.79. The number of benzene rings is 1. The third kappa shape index (κ3) is 5.14. The molecule has 1 N–H and O–H groups in total. The minimum absolute atomic E-state index is 0.0229. The molecule has 4 aromatic rings. The molecule has 0 bridgehead atoms. The lowest BCUT2D eigenvalue weighted by atomic mass is 10.1. The van der Waals surface area contributed by atoms with Crippen molar-refractivity contribution in [2.75, 3.05) is 31.2 Å². The van der Waals surface area contributed by atoms with E-state index in [1.807, 2.05) is 17.2 Å². The first-order valence-electron chi connectivity index (χ1n) is 11.5. The molecule has 3 aromatic heterocycles. The summed E-state index contributed by atoms with van der Waals surface area (Å²) >= 11 is 0. The maximum atomic E-state index is 12.5. The number of ether oxygens (including phenoxy) is 1. The highest BCUT2D eigenvalue weighted by atomic mass is 16.5. The SMILES string of the molecule is N#Cc1cccc(-c2ccc(=O)n(C[C@@H]3CN(c4ncc(-c5cnn(CCO)c5)cn4)CCO3)n2)c1. The van der Waals surface area contributed by atoms with Gasteiger partial charge in [-0.1, -0.05) is 12.1 Å². The van der Waals surface area contributed by atoms with Crippen molar-refractivity contribution in [2.45, 2.75) is 19.2 Å². The van der Waals surface area contributed by atoms with Crippen LogP contribution in [0.1, 0.15) is 5.56 Å². The van der Waals surface area contributed by atoms with Gasteiger partial charge < -0.3 is 14.7 Å². The topological polar surface area (TPSA) is 135 Å². The largest absolute Gasteiger partial charge is 0.394 e. The third-order valence-electron chi connectivity index (χ3n) is 5.89. The van der Waals surface area contributed by atoms with E-state index in [-0.39, 0.29) is 24.8 Å². The minimum atomic E-state index is -0.273. The van der Waals surface area contributed by atoms with E-state index in [0.717, 1.165) is 16.7 Å². The summed E-state index contributed by atoms with van der Waals surface area (Å²) < 4.78 is 8.99. The van der Waals surface area contributed by atoms with Crippen LogP contribution in [0.2, 0.25) is 0 Å². The highest BCUT2D eigenvalue weighted by Crippen LogP contribution is 2.20. The number of aliphatic hydroxyl groups excluding tert-OH is 1. The fourth-order valence-corrected chi connectivity index (χ4v) is 4.06. The van der Waals surface area contributed by atoms with E-state index in [1.54, 1.807) is 47.5 Å². The Morgan fingerprint density at radius 3 is 2.78 bits per heavy atom. The second kappa shape index (κ2) is 10.5. The van der Waals surface area contributed by atoms with Crippen molar-refractivity contribution in [3.05, 3.63) is 77.1 Å². The van der Waals surface area contributed by atoms with Crippen molar-refractivity contribution >= 4 is 5.95 Å². The molecular weight excluding hydrogens is 460 g/mol. The molecule has 0 unspecified atom stereocenters. The summed E-state index contributed by atoms with van der Waals surface area (Å²) in [6.07, 6.45) is 6.78. The van der Waals surface area contributed by atoms with E-state index in [1.165, 1.54) is 10.7 Å². The molecule has 1 fully saturated rings. The molecule has 11 heteroatoms. The number of nitriles is 1. The fraction of sp³-hybridized carbons (Fsp3) is 0.280. The van der Waals surface area contributed by atoms with Gasteiger partial charge in [0.15, 0.2) is 0 Å². The van der Waals surface area contributed by atoms with Crippen LogP contribution in [0.3, 0.4) is 0 Å². The number of aliphatic hydroxyl groups is 1. The van der Waals surface area contributed by atoms with Crippen LogP contribution in [0.4, 0.5) is 5.95 Å². The monoisotopic (exact) mass is 484 g/mol. The first-order valence-corrected chi connectivity index (χ1v) is 11.5. The Morgan fingerprint density at radius 1 is 1.11 bits per heavy atom. The summed E-state index contributed by atoms with van der Waals surface area (Å²) in [5.41, 5.74) is 3.40. The minimum Gasteiger partial charge on any atom is -0.394 e. The van der Waals surface area contributed by atoms with Gasteiger partial charge >= 0.3 is 0 Å². The molecule has 1 atom stereocenters. The van der Waals surface area contributed by atoms with Gasteiger partial charge in [-0.15, -0.1) is 0 Å². The smallest absolute Gasteiger partial charge is 0.266 e. The average Bonchev–Trinajstić information content (AvgIpc) is 3.39. The van der Waals surface area contributed by atoms with E-state index >= 15 is 0 Å². The normalized spacial score (nSPS) is 15.6. The molecule has 1 aliphatic heterocycles. The van der Waals surface area contributed by atoms with E-state index < -0.39 is 0 Å². The van der Waals surface area contributed by atoms with Crippen LogP contribution in [0, 0.1) is 11.3 Å². The molecule has 11 nitrogen and oxygen atoms in total. The van der Waals surface area contributed by atoms with Crippen LogP contribution in [0.15, 0.2) is 66.0 Å². The van der Waals surface area contributed by atoms with Crippen LogP contribution in [0.25, 0.3) is 22.4 Å². The number of morpholine rings is 1. The van der Waals surface area contributed by atoms with Crippen molar-refractivity contribution in [3.63, 3.8) is 0 Å². The van der Waals surface area contributed by atoms with Gasteiger partial charge in [-0.2, -0.15) is 15.5 Å². The van der Waals surface area contributed by atoms with Gasteiger partial charge in [0.05, 0.1) is 55.9 Å². The summed E-state index contributed by atoms with van der Waals surface area (Å²) in [6, 6.07) is 12.4. The van der Waals surface area contributed by atoms with Crippen LogP contribution in [-0.4, -0.2) is 67.0 Å². The predicted molar refractivity (Wildman–Crippen MR) is 131 cm³/mol. The van der Waals surface area contributed by atoms with Crippen molar-refractivity contribution in [2.24, 2.45) is 0 Å². The summed E-state index contributed by atoms with van der Waals surface area (Å²) in [4.78, 5) is 23.6. The van der Waals surface area contributed by atoms with E-state index in [4.69, 9.17) is 15.1 Å². The van der Waals surface area contributed by atoms with Crippen molar-refractivity contribution in [3.8, 4) is 28.5 Å². The maximum absolute atomic E-state index is 12.5. The predicted octanol–water partition coefficient (Wildman–Crippen LogP) is 1.33. The molecule has 1 aromatic carbocycles. The first-order chi connectivity index (χ1) is 17.6. The second-order valence-corrected chi connectivity index (χ2v) is 8.36. The van der Waals surface area contributed by atoms with Crippen LogP contribution < -0.4 is 10.5 Å². The van der Waals surface area contributed by atoms with Crippen molar-refractivity contribution < 1.29 is 9.84 Å². The quantitative estimate of drug-likeness (QED) is 0.412. The number of hydrogen-bond acceptors (Lipinski definition) is 9. The molecule has 5 rings (SSSR count). The molecule has 0 amide bonds. The highest BCUT2D eigenvalue weighted by molar-refractivity contribution is 5.61. The van der Waals surface area contributed by atoms with E-state index in [0.29, 0.717) is 43.4 Å². The van der Waals surface area contributed by atoms with E-state index in [2.05, 4.69) is 26.2 Å². The summed E-state index contributed by atoms with van der Waals surface area (Å²) in [5, 5.41) is 27.0. The molecular formula is C25H24N8O3.